The van der Waals surface area contributed by atoms with Gasteiger partial charge >= 0.3 is 5.97 Å². The highest BCUT2D eigenvalue weighted by Gasteiger charge is 2.23. The van der Waals surface area contributed by atoms with Crippen LogP contribution in [-0.2, 0) is 4.74 Å². The quantitative estimate of drug-likeness (QED) is 0.599. The lowest BCUT2D eigenvalue weighted by molar-refractivity contribution is -0.384. The van der Waals surface area contributed by atoms with Gasteiger partial charge in [0.2, 0.25) is 0 Å². The molecule has 0 aliphatic carbocycles. The average molecular weight is 385 g/mol. The van der Waals surface area contributed by atoms with Crippen LogP contribution in [0.25, 0.3) is 0 Å². The first-order valence-corrected chi connectivity index (χ1v) is 8.64. The number of nitrogens with one attached hydrogen (secondary N) is 1. The topological polar surface area (TPSA) is 122 Å². The Balaban J connectivity index is 1.88. The molecule has 0 bridgehead atoms. The van der Waals surface area contributed by atoms with Crippen molar-refractivity contribution in [2.24, 2.45) is 0 Å². The number of nitro benzene ring substituents is 1. The molecule has 1 amide bonds. The van der Waals surface area contributed by atoms with Gasteiger partial charge in [-0.15, -0.1) is 0 Å². The Morgan fingerprint density at radius 1 is 1.21 bits per heavy atom. The Labute approximate surface area is 160 Å². The van der Waals surface area contributed by atoms with Crippen molar-refractivity contribution >= 4 is 28.9 Å². The summed E-state index contributed by atoms with van der Waals surface area (Å²) in [6, 6.07) is 8.85. The molecular formula is C19H19N3O6. The number of hydrogen-bond acceptors (Lipinski definition) is 6. The van der Waals surface area contributed by atoms with Crippen LogP contribution in [0, 0.1) is 17.0 Å². The van der Waals surface area contributed by atoms with E-state index in [9.17, 15) is 24.8 Å². The summed E-state index contributed by atoms with van der Waals surface area (Å²) in [6.07, 6.45) is 0. The fourth-order valence-corrected chi connectivity index (χ4v) is 3.08. The van der Waals surface area contributed by atoms with Crippen molar-refractivity contribution in [3.8, 4) is 0 Å². The summed E-state index contributed by atoms with van der Waals surface area (Å²) in [5, 5.41) is 23.3. The van der Waals surface area contributed by atoms with Crippen LogP contribution < -0.4 is 10.2 Å². The summed E-state index contributed by atoms with van der Waals surface area (Å²) in [5.74, 6) is -1.65. The van der Waals surface area contributed by atoms with Crippen molar-refractivity contribution in [1.29, 1.82) is 0 Å². The summed E-state index contributed by atoms with van der Waals surface area (Å²) in [5.41, 5.74) is 1.21. The number of nitro groups is 1. The Bertz CT molecular complexity index is 937. The largest absolute Gasteiger partial charge is 0.478 e. The van der Waals surface area contributed by atoms with Crippen LogP contribution in [0.5, 0.6) is 0 Å². The minimum absolute atomic E-state index is 0.0754. The molecule has 1 aliphatic rings. The number of carboxylic acid groups (broad SMARTS) is 1. The zero-order valence-electron chi connectivity index (χ0n) is 15.2. The summed E-state index contributed by atoms with van der Waals surface area (Å²) < 4.78 is 5.27. The first kappa shape index (κ1) is 19.3. The predicted molar refractivity (Wildman–Crippen MR) is 102 cm³/mol. The standard InChI is InChI=1S/C19H19N3O6/c1-12-14(19(24)25)3-2-4-15(12)20-18(23)13-5-6-16(17(11-13)22(26)27)21-7-9-28-10-8-21/h2-6,11H,7-10H2,1H3,(H,20,23)(H,24,25). The minimum Gasteiger partial charge on any atom is -0.478 e. The average Bonchev–Trinajstić information content (AvgIpc) is 2.69. The van der Waals surface area contributed by atoms with Gasteiger partial charge in [-0.3, -0.25) is 14.9 Å². The summed E-state index contributed by atoms with van der Waals surface area (Å²) in [7, 11) is 0. The molecule has 0 unspecified atom stereocenters. The maximum absolute atomic E-state index is 12.6. The number of carbonyl (C=O) groups is 2. The van der Waals surface area contributed by atoms with Crippen LogP contribution in [-0.4, -0.2) is 48.2 Å². The number of morpholine rings is 1. The highest BCUT2D eigenvalue weighted by molar-refractivity contribution is 6.06. The highest BCUT2D eigenvalue weighted by Crippen LogP contribution is 2.30. The van der Waals surface area contributed by atoms with Crippen LogP contribution in [0.2, 0.25) is 0 Å². The van der Waals surface area contributed by atoms with E-state index < -0.39 is 16.8 Å². The number of aromatic carboxylic acids is 1. The van der Waals surface area contributed by atoms with Gasteiger partial charge in [0.05, 0.1) is 23.7 Å². The van der Waals surface area contributed by atoms with Crippen molar-refractivity contribution in [2.75, 3.05) is 36.5 Å². The van der Waals surface area contributed by atoms with E-state index in [2.05, 4.69) is 5.32 Å². The second kappa shape index (κ2) is 8.05. The lowest BCUT2D eigenvalue weighted by Crippen LogP contribution is -2.36. The van der Waals surface area contributed by atoms with E-state index >= 15 is 0 Å². The van der Waals surface area contributed by atoms with Crippen molar-refractivity contribution in [3.63, 3.8) is 0 Å². The number of nitrogens with zero attached hydrogens (tertiary/aromatic N) is 2. The number of carboxylic acids is 1. The minimum atomic E-state index is -1.10. The van der Waals surface area contributed by atoms with Gasteiger partial charge in [0, 0.05) is 30.4 Å². The molecular weight excluding hydrogens is 366 g/mol. The third kappa shape index (κ3) is 3.94. The lowest BCUT2D eigenvalue weighted by atomic mass is 10.1. The zero-order chi connectivity index (χ0) is 20.3. The van der Waals surface area contributed by atoms with E-state index in [4.69, 9.17) is 4.74 Å². The Morgan fingerprint density at radius 3 is 2.57 bits per heavy atom. The number of hydrogen-bond donors (Lipinski definition) is 2. The van der Waals surface area contributed by atoms with Crippen LogP contribution in [0.15, 0.2) is 36.4 Å². The monoisotopic (exact) mass is 385 g/mol. The lowest BCUT2D eigenvalue weighted by Gasteiger charge is -2.28. The summed E-state index contributed by atoms with van der Waals surface area (Å²) in [4.78, 5) is 36.7. The zero-order valence-corrected chi connectivity index (χ0v) is 15.2. The number of rotatable bonds is 5. The number of amides is 1. The fraction of sp³-hybridized carbons (Fsp3) is 0.263. The maximum atomic E-state index is 12.6. The van der Waals surface area contributed by atoms with Crippen LogP contribution >= 0.6 is 0 Å². The Hall–Kier alpha value is -3.46. The Kier molecular flexibility index (Phi) is 5.55. The number of ether oxygens (including phenoxy) is 1. The molecule has 0 spiro atoms. The molecule has 1 fully saturated rings. The fourth-order valence-electron chi connectivity index (χ4n) is 3.08. The van der Waals surface area contributed by atoms with Gasteiger partial charge in [0.15, 0.2) is 0 Å². The molecule has 3 rings (SSSR count). The van der Waals surface area contributed by atoms with Gasteiger partial charge in [-0.1, -0.05) is 6.07 Å². The second-order valence-electron chi connectivity index (χ2n) is 6.30. The molecule has 2 aromatic rings. The van der Waals surface area contributed by atoms with E-state index in [1.165, 1.54) is 24.3 Å². The molecule has 9 heteroatoms. The first-order valence-electron chi connectivity index (χ1n) is 8.64. The second-order valence-corrected chi connectivity index (χ2v) is 6.30. The van der Waals surface area contributed by atoms with Gasteiger partial charge in [-0.05, 0) is 36.8 Å². The van der Waals surface area contributed by atoms with Crippen LogP contribution in [0.4, 0.5) is 17.1 Å². The molecule has 9 nitrogen and oxygen atoms in total. The molecule has 2 N–H and O–H groups in total. The van der Waals surface area contributed by atoms with Crippen LogP contribution in [0.3, 0.4) is 0 Å². The number of anilines is 2. The summed E-state index contributed by atoms with van der Waals surface area (Å²) >= 11 is 0. The molecule has 0 atom stereocenters. The van der Waals surface area contributed by atoms with Crippen molar-refractivity contribution in [3.05, 3.63) is 63.2 Å². The molecule has 146 valence electrons. The summed E-state index contributed by atoms with van der Waals surface area (Å²) in [6.45, 7) is 3.63. The molecule has 1 saturated heterocycles. The molecule has 0 radical (unpaired) electrons. The first-order chi connectivity index (χ1) is 13.4. The van der Waals surface area contributed by atoms with Crippen molar-refractivity contribution < 1.29 is 24.4 Å². The van der Waals surface area contributed by atoms with E-state index in [-0.39, 0.29) is 16.8 Å². The van der Waals surface area contributed by atoms with Crippen LogP contribution in [0.1, 0.15) is 26.3 Å². The molecule has 28 heavy (non-hydrogen) atoms. The SMILES string of the molecule is Cc1c(NC(=O)c2ccc(N3CCOCC3)c([N+](=O)[O-])c2)cccc1C(=O)O. The normalized spacial score (nSPS) is 13.8. The highest BCUT2D eigenvalue weighted by atomic mass is 16.6. The Morgan fingerprint density at radius 2 is 1.93 bits per heavy atom. The van der Waals surface area contributed by atoms with E-state index in [1.54, 1.807) is 19.1 Å². The predicted octanol–water partition coefficient (Wildman–Crippen LogP) is 2.69. The smallest absolute Gasteiger partial charge is 0.336 e. The molecule has 2 aromatic carbocycles. The van der Waals surface area contributed by atoms with Crippen molar-refractivity contribution in [1.82, 2.24) is 0 Å². The molecule has 1 aliphatic heterocycles. The van der Waals surface area contributed by atoms with Gasteiger partial charge in [-0.2, -0.15) is 0 Å². The third-order valence-corrected chi connectivity index (χ3v) is 4.60. The van der Waals surface area contributed by atoms with Gasteiger partial charge in [0.25, 0.3) is 11.6 Å². The van der Waals surface area contributed by atoms with E-state index in [1.807, 2.05) is 4.90 Å². The number of carbonyl (C=O) groups excluding carboxylic acids is 1. The van der Waals surface area contributed by atoms with Gasteiger partial charge in [0.1, 0.15) is 5.69 Å². The molecule has 1 heterocycles. The van der Waals surface area contributed by atoms with E-state index in [0.717, 1.165) is 0 Å². The van der Waals surface area contributed by atoms with Gasteiger partial charge in [-0.25, -0.2) is 4.79 Å². The maximum Gasteiger partial charge on any atom is 0.336 e. The molecule has 0 aromatic heterocycles. The van der Waals surface area contributed by atoms with Crippen molar-refractivity contribution in [2.45, 2.75) is 6.92 Å². The van der Waals surface area contributed by atoms with E-state index in [0.29, 0.717) is 43.2 Å². The number of benzene rings is 2. The molecule has 0 saturated carbocycles. The third-order valence-electron chi connectivity index (χ3n) is 4.60. The van der Waals surface area contributed by atoms with Gasteiger partial charge < -0.3 is 20.1 Å².